The molecule has 116 valence electrons. The zero-order valence-electron chi connectivity index (χ0n) is 12.8. The van der Waals surface area contributed by atoms with Gasteiger partial charge in [0.05, 0.1) is 0 Å². The molecule has 2 aromatic carbocycles. The lowest BCUT2D eigenvalue weighted by Crippen LogP contribution is -2.29. The topological polar surface area (TPSA) is 41.1 Å². The number of thioether (sulfide) groups is 1. The van der Waals surface area contributed by atoms with Crippen LogP contribution in [0.3, 0.4) is 0 Å². The molecular formula is C18H22N2OS. The van der Waals surface area contributed by atoms with Gasteiger partial charge in [-0.05, 0) is 36.8 Å². The molecular weight excluding hydrogens is 292 g/mol. The normalized spacial score (nSPS) is 10.2. The molecule has 2 aromatic rings. The summed E-state index contributed by atoms with van der Waals surface area (Å²) < 4.78 is 0. The minimum atomic E-state index is -0.142. The van der Waals surface area contributed by atoms with Gasteiger partial charge in [-0.3, -0.25) is 0 Å². The molecule has 0 fully saturated rings. The molecule has 0 aliphatic carbocycles. The first-order chi connectivity index (χ1) is 10.7. The van der Waals surface area contributed by atoms with Crippen LogP contribution in [0.1, 0.15) is 17.5 Å². The van der Waals surface area contributed by atoms with Gasteiger partial charge in [0.1, 0.15) is 0 Å². The number of aryl methyl sites for hydroxylation is 1. The molecule has 0 aliphatic heterocycles. The summed E-state index contributed by atoms with van der Waals surface area (Å²) in [5, 5.41) is 5.71. The van der Waals surface area contributed by atoms with Crippen LogP contribution in [0.25, 0.3) is 0 Å². The summed E-state index contributed by atoms with van der Waals surface area (Å²) in [6.45, 7) is 2.72. The highest BCUT2D eigenvalue weighted by Crippen LogP contribution is 2.12. The van der Waals surface area contributed by atoms with E-state index in [-0.39, 0.29) is 6.03 Å². The molecule has 3 nitrogen and oxygen atoms in total. The summed E-state index contributed by atoms with van der Waals surface area (Å²) in [4.78, 5) is 11.7. The molecule has 4 heteroatoms. The number of anilines is 1. The Kier molecular flexibility index (Phi) is 6.84. The predicted molar refractivity (Wildman–Crippen MR) is 95.4 cm³/mol. The smallest absolute Gasteiger partial charge is 0.319 e. The fraction of sp³-hybridized carbons (Fsp3) is 0.278. The van der Waals surface area contributed by atoms with Gasteiger partial charge in [-0.2, -0.15) is 11.8 Å². The van der Waals surface area contributed by atoms with E-state index in [1.165, 1.54) is 11.1 Å². The third kappa shape index (κ3) is 6.22. The van der Waals surface area contributed by atoms with Crippen molar-refractivity contribution in [1.82, 2.24) is 5.32 Å². The van der Waals surface area contributed by atoms with E-state index >= 15 is 0 Å². The standard InChI is InChI=1S/C18H22N2OS/c1-15-8-10-17(11-9-15)20-18(21)19-12-5-13-22-14-16-6-3-2-4-7-16/h2-4,6-11H,5,12-14H2,1H3,(H2,19,20,21). The number of amides is 2. The van der Waals surface area contributed by atoms with Crippen molar-refractivity contribution in [1.29, 1.82) is 0 Å². The van der Waals surface area contributed by atoms with Gasteiger partial charge in [-0.25, -0.2) is 4.79 Å². The first-order valence-corrected chi connectivity index (χ1v) is 8.63. The summed E-state index contributed by atoms with van der Waals surface area (Å²) in [6, 6.07) is 18.1. The van der Waals surface area contributed by atoms with E-state index in [9.17, 15) is 4.79 Å². The second-order valence-corrected chi connectivity index (χ2v) is 6.24. The zero-order valence-corrected chi connectivity index (χ0v) is 13.7. The fourth-order valence-electron chi connectivity index (χ4n) is 1.95. The predicted octanol–water partition coefficient (Wildman–Crippen LogP) is 4.44. The highest BCUT2D eigenvalue weighted by Gasteiger charge is 2.00. The lowest BCUT2D eigenvalue weighted by molar-refractivity contribution is 0.252. The molecule has 0 bridgehead atoms. The third-order valence-corrected chi connectivity index (χ3v) is 4.29. The SMILES string of the molecule is Cc1ccc(NC(=O)NCCCSCc2ccccc2)cc1. The van der Waals surface area contributed by atoms with Gasteiger partial charge >= 0.3 is 6.03 Å². The number of benzene rings is 2. The maximum atomic E-state index is 11.7. The highest BCUT2D eigenvalue weighted by atomic mass is 32.2. The molecule has 22 heavy (non-hydrogen) atoms. The average molecular weight is 314 g/mol. The molecule has 0 aromatic heterocycles. The highest BCUT2D eigenvalue weighted by molar-refractivity contribution is 7.98. The van der Waals surface area contributed by atoms with Crippen molar-refractivity contribution in [3.63, 3.8) is 0 Å². The number of nitrogens with one attached hydrogen (secondary N) is 2. The summed E-state index contributed by atoms with van der Waals surface area (Å²) >= 11 is 1.89. The van der Waals surface area contributed by atoms with Crippen molar-refractivity contribution in [2.75, 3.05) is 17.6 Å². The molecule has 0 saturated heterocycles. The van der Waals surface area contributed by atoms with Gasteiger partial charge < -0.3 is 10.6 Å². The second kappa shape index (κ2) is 9.15. The average Bonchev–Trinajstić information content (AvgIpc) is 2.54. The molecule has 0 atom stereocenters. The molecule has 0 aliphatic rings. The molecule has 0 heterocycles. The molecule has 0 saturated carbocycles. The van der Waals surface area contributed by atoms with E-state index in [0.29, 0.717) is 6.54 Å². The monoisotopic (exact) mass is 314 g/mol. The van der Waals surface area contributed by atoms with Gasteiger partial charge in [0.15, 0.2) is 0 Å². The Balaban J connectivity index is 1.54. The lowest BCUT2D eigenvalue weighted by atomic mass is 10.2. The Bertz CT molecular complexity index is 569. The van der Waals surface area contributed by atoms with Gasteiger partial charge in [-0.15, -0.1) is 0 Å². The zero-order chi connectivity index (χ0) is 15.6. The minimum absolute atomic E-state index is 0.142. The van der Waals surface area contributed by atoms with E-state index in [1.807, 2.05) is 49.0 Å². The van der Waals surface area contributed by atoms with E-state index in [0.717, 1.165) is 23.6 Å². The van der Waals surface area contributed by atoms with Crippen LogP contribution < -0.4 is 10.6 Å². The number of hydrogen-bond donors (Lipinski definition) is 2. The summed E-state index contributed by atoms with van der Waals surface area (Å²) in [6.07, 6.45) is 0.971. The van der Waals surface area contributed by atoms with Crippen LogP contribution in [0.15, 0.2) is 54.6 Å². The summed E-state index contributed by atoms with van der Waals surface area (Å²) in [7, 11) is 0. The number of carbonyl (C=O) groups is 1. The molecule has 0 radical (unpaired) electrons. The summed E-state index contributed by atoms with van der Waals surface area (Å²) in [5.74, 6) is 2.07. The van der Waals surface area contributed by atoms with Gasteiger partial charge in [0.25, 0.3) is 0 Å². The van der Waals surface area contributed by atoms with Crippen LogP contribution in [0.5, 0.6) is 0 Å². The number of hydrogen-bond acceptors (Lipinski definition) is 2. The van der Waals surface area contributed by atoms with Crippen molar-refractivity contribution < 1.29 is 4.79 Å². The van der Waals surface area contributed by atoms with Crippen molar-refractivity contribution >= 4 is 23.5 Å². The molecule has 2 rings (SSSR count). The largest absolute Gasteiger partial charge is 0.338 e. The van der Waals surface area contributed by atoms with E-state index in [2.05, 4.69) is 34.9 Å². The van der Waals surface area contributed by atoms with E-state index < -0.39 is 0 Å². The van der Waals surface area contributed by atoms with Crippen LogP contribution in [-0.2, 0) is 5.75 Å². The maximum Gasteiger partial charge on any atom is 0.319 e. The first-order valence-electron chi connectivity index (χ1n) is 7.47. The van der Waals surface area contributed by atoms with E-state index in [1.54, 1.807) is 0 Å². The van der Waals surface area contributed by atoms with Crippen molar-refractivity contribution in [3.8, 4) is 0 Å². The van der Waals surface area contributed by atoms with Gasteiger partial charge in [-0.1, -0.05) is 48.0 Å². The van der Waals surface area contributed by atoms with Crippen molar-refractivity contribution in [3.05, 3.63) is 65.7 Å². The molecule has 0 spiro atoms. The Morgan fingerprint density at radius 3 is 2.50 bits per heavy atom. The quantitative estimate of drug-likeness (QED) is 0.742. The van der Waals surface area contributed by atoms with Gasteiger partial charge in [0.2, 0.25) is 0 Å². The van der Waals surface area contributed by atoms with Crippen LogP contribution in [0.2, 0.25) is 0 Å². The van der Waals surface area contributed by atoms with Crippen molar-refractivity contribution in [2.24, 2.45) is 0 Å². The maximum absolute atomic E-state index is 11.7. The first kappa shape index (κ1) is 16.4. The number of urea groups is 1. The Morgan fingerprint density at radius 1 is 1.05 bits per heavy atom. The number of carbonyl (C=O) groups excluding carboxylic acids is 1. The second-order valence-electron chi connectivity index (χ2n) is 5.14. The third-order valence-electron chi connectivity index (χ3n) is 3.17. The minimum Gasteiger partial charge on any atom is -0.338 e. The molecule has 2 N–H and O–H groups in total. The van der Waals surface area contributed by atoms with Crippen LogP contribution >= 0.6 is 11.8 Å². The Labute approximate surface area is 136 Å². The van der Waals surface area contributed by atoms with Crippen LogP contribution in [-0.4, -0.2) is 18.3 Å². The van der Waals surface area contributed by atoms with Crippen LogP contribution in [0.4, 0.5) is 10.5 Å². The van der Waals surface area contributed by atoms with E-state index in [4.69, 9.17) is 0 Å². The van der Waals surface area contributed by atoms with Gasteiger partial charge in [0, 0.05) is 18.0 Å². The molecule has 2 amide bonds. The fourth-order valence-corrected chi connectivity index (χ4v) is 2.87. The Morgan fingerprint density at radius 2 is 1.77 bits per heavy atom. The number of rotatable bonds is 7. The summed E-state index contributed by atoms with van der Waals surface area (Å²) in [5.41, 5.74) is 3.35. The Hall–Kier alpha value is -1.94. The van der Waals surface area contributed by atoms with Crippen molar-refractivity contribution in [2.45, 2.75) is 19.1 Å². The lowest BCUT2D eigenvalue weighted by Gasteiger charge is -2.08. The van der Waals surface area contributed by atoms with Crippen LogP contribution in [0, 0.1) is 6.92 Å². The molecule has 0 unspecified atom stereocenters.